The van der Waals surface area contributed by atoms with E-state index >= 15 is 0 Å². The molecular formula is C12H12N4OS. The first kappa shape index (κ1) is 11.2. The van der Waals surface area contributed by atoms with Gasteiger partial charge in [0.25, 0.3) is 5.89 Å². The molecule has 18 heavy (non-hydrogen) atoms. The SMILES string of the molecule is CCCc1noc(-c2cc(-c3cccs3)[nH]n2)n1. The number of thiophene rings is 1. The van der Waals surface area contributed by atoms with Gasteiger partial charge in [0, 0.05) is 6.42 Å². The van der Waals surface area contributed by atoms with Gasteiger partial charge in [-0.1, -0.05) is 18.1 Å². The zero-order valence-electron chi connectivity index (χ0n) is 9.88. The first-order valence-corrected chi connectivity index (χ1v) is 6.67. The molecule has 0 radical (unpaired) electrons. The highest BCUT2D eigenvalue weighted by molar-refractivity contribution is 7.13. The lowest BCUT2D eigenvalue weighted by atomic mass is 10.3. The summed E-state index contributed by atoms with van der Waals surface area (Å²) in [4.78, 5) is 5.45. The lowest BCUT2D eigenvalue weighted by Crippen LogP contribution is -1.85. The summed E-state index contributed by atoms with van der Waals surface area (Å²) in [6.07, 6.45) is 1.83. The Kier molecular flexibility index (Phi) is 2.93. The quantitative estimate of drug-likeness (QED) is 0.782. The van der Waals surface area contributed by atoms with Gasteiger partial charge in [0.2, 0.25) is 0 Å². The fourth-order valence-corrected chi connectivity index (χ4v) is 2.36. The molecule has 3 rings (SSSR count). The monoisotopic (exact) mass is 260 g/mol. The summed E-state index contributed by atoms with van der Waals surface area (Å²) in [6, 6.07) is 5.97. The van der Waals surface area contributed by atoms with Gasteiger partial charge >= 0.3 is 0 Å². The summed E-state index contributed by atoms with van der Waals surface area (Å²) in [5.41, 5.74) is 1.66. The van der Waals surface area contributed by atoms with Crippen LogP contribution in [-0.4, -0.2) is 20.3 Å². The third kappa shape index (κ3) is 2.06. The standard InChI is InChI=1S/C12H12N4OS/c1-2-4-11-13-12(17-16-11)9-7-8(14-15-9)10-5-3-6-18-10/h3,5-7H,2,4H2,1H3,(H,14,15). The number of aromatic nitrogens is 4. The van der Waals surface area contributed by atoms with Gasteiger partial charge in [-0.3, -0.25) is 5.10 Å². The number of nitrogens with one attached hydrogen (secondary N) is 1. The molecule has 1 N–H and O–H groups in total. The predicted octanol–water partition coefficient (Wildman–Crippen LogP) is 3.14. The van der Waals surface area contributed by atoms with Crippen LogP contribution < -0.4 is 0 Å². The van der Waals surface area contributed by atoms with Crippen molar-refractivity contribution in [1.29, 1.82) is 0 Å². The van der Waals surface area contributed by atoms with E-state index in [-0.39, 0.29) is 0 Å². The van der Waals surface area contributed by atoms with Crippen LogP contribution in [0.5, 0.6) is 0 Å². The van der Waals surface area contributed by atoms with Crippen LogP contribution in [0.1, 0.15) is 19.2 Å². The minimum Gasteiger partial charge on any atom is -0.332 e. The van der Waals surface area contributed by atoms with Crippen LogP contribution in [-0.2, 0) is 6.42 Å². The fourth-order valence-electron chi connectivity index (χ4n) is 1.67. The zero-order valence-corrected chi connectivity index (χ0v) is 10.7. The molecule has 5 nitrogen and oxygen atoms in total. The summed E-state index contributed by atoms with van der Waals surface area (Å²) in [5.74, 6) is 1.20. The summed E-state index contributed by atoms with van der Waals surface area (Å²) in [5, 5.41) is 13.1. The molecule has 0 aromatic carbocycles. The minimum atomic E-state index is 0.470. The Morgan fingerprint density at radius 2 is 2.39 bits per heavy atom. The Labute approximate surface area is 108 Å². The molecule has 3 heterocycles. The van der Waals surface area contributed by atoms with Crippen LogP contribution in [0, 0.1) is 0 Å². The maximum atomic E-state index is 5.19. The van der Waals surface area contributed by atoms with Gasteiger partial charge in [-0.25, -0.2) is 0 Å². The van der Waals surface area contributed by atoms with Crippen LogP contribution in [0.25, 0.3) is 22.2 Å². The van der Waals surface area contributed by atoms with Crippen molar-refractivity contribution in [3.63, 3.8) is 0 Å². The zero-order chi connectivity index (χ0) is 12.4. The molecule has 0 unspecified atom stereocenters. The molecular weight excluding hydrogens is 248 g/mol. The van der Waals surface area contributed by atoms with Gasteiger partial charge in [-0.2, -0.15) is 10.1 Å². The third-order valence-corrected chi connectivity index (χ3v) is 3.43. The van der Waals surface area contributed by atoms with E-state index in [1.54, 1.807) is 11.3 Å². The van der Waals surface area contributed by atoms with E-state index in [2.05, 4.69) is 27.3 Å². The summed E-state index contributed by atoms with van der Waals surface area (Å²) >= 11 is 1.66. The normalized spacial score (nSPS) is 10.9. The lowest BCUT2D eigenvalue weighted by molar-refractivity contribution is 0.421. The summed E-state index contributed by atoms with van der Waals surface area (Å²) in [7, 11) is 0. The molecule has 0 aliphatic rings. The highest BCUT2D eigenvalue weighted by Gasteiger charge is 2.12. The topological polar surface area (TPSA) is 67.6 Å². The van der Waals surface area contributed by atoms with Crippen molar-refractivity contribution in [2.75, 3.05) is 0 Å². The smallest absolute Gasteiger partial charge is 0.278 e. The molecule has 0 saturated carbocycles. The van der Waals surface area contributed by atoms with Gasteiger partial charge in [0.05, 0.1) is 10.6 Å². The second-order valence-electron chi connectivity index (χ2n) is 3.91. The van der Waals surface area contributed by atoms with Gasteiger partial charge in [-0.05, 0) is 23.9 Å². The van der Waals surface area contributed by atoms with Crippen molar-refractivity contribution < 1.29 is 4.52 Å². The molecule has 0 spiro atoms. The number of rotatable bonds is 4. The molecule has 0 atom stereocenters. The second-order valence-corrected chi connectivity index (χ2v) is 4.86. The van der Waals surface area contributed by atoms with E-state index in [4.69, 9.17) is 4.52 Å². The number of hydrogen-bond acceptors (Lipinski definition) is 5. The minimum absolute atomic E-state index is 0.470. The molecule has 0 bridgehead atoms. The first-order valence-electron chi connectivity index (χ1n) is 5.79. The van der Waals surface area contributed by atoms with Crippen molar-refractivity contribution in [2.24, 2.45) is 0 Å². The number of H-pyrrole nitrogens is 1. The van der Waals surface area contributed by atoms with Gasteiger partial charge in [0.1, 0.15) is 0 Å². The van der Waals surface area contributed by atoms with E-state index < -0.39 is 0 Å². The van der Waals surface area contributed by atoms with Crippen molar-refractivity contribution in [2.45, 2.75) is 19.8 Å². The molecule has 0 amide bonds. The Hall–Kier alpha value is -1.95. The number of aromatic amines is 1. The van der Waals surface area contributed by atoms with Crippen LogP contribution in [0.2, 0.25) is 0 Å². The maximum absolute atomic E-state index is 5.19. The van der Waals surface area contributed by atoms with Gasteiger partial charge in [0.15, 0.2) is 11.5 Å². The molecule has 3 aromatic heterocycles. The maximum Gasteiger partial charge on any atom is 0.278 e. The second kappa shape index (κ2) is 4.73. The van der Waals surface area contributed by atoms with E-state index in [1.165, 1.54) is 0 Å². The Balaban J connectivity index is 1.88. The first-order chi connectivity index (χ1) is 8.86. The number of aryl methyl sites for hydroxylation is 1. The Morgan fingerprint density at radius 1 is 1.44 bits per heavy atom. The van der Waals surface area contributed by atoms with Crippen LogP contribution >= 0.6 is 11.3 Å². The highest BCUT2D eigenvalue weighted by Crippen LogP contribution is 2.26. The predicted molar refractivity (Wildman–Crippen MR) is 69.2 cm³/mol. The van der Waals surface area contributed by atoms with Crippen molar-refractivity contribution in [3.05, 3.63) is 29.4 Å². The number of hydrogen-bond donors (Lipinski definition) is 1. The summed E-state index contributed by atoms with van der Waals surface area (Å²) < 4.78 is 5.19. The van der Waals surface area contributed by atoms with Crippen molar-refractivity contribution in [1.82, 2.24) is 20.3 Å². The molecule has 3 aromatic rings. The van der Waals surface area contributed by atoms with Gasteiger partial charge < -0.3 is 4.52 Å². The average molecular weight is 260 g/mol. The lowest BCUT2D eigenvalue weighted by Gasteiger charge is -1.86. The third-order valence-electron chi connectivity index (χ3n) is 2.53. The number of nitrogens with zero attached hydrogens (tertiary/aromatic N) is 3. The van der Waals surface area contributed by atoms with E-state index in [0.717, 1.165) is 29.2 Å². The molecule has 0 aliphatic carbocycles. The van der Waals surface area contributed by atoms with Crippen molar-refractivity contribution >= 4 is 11.3 Å². The van der Waals surface area contributed by atoms with Gasteiger partial charge in [-0.15, -0.1) is 11.3 Å². The Bertz CT molecular complexity index is 626. The van der Waals surface area contributed by atoms with E-state index in [0.29, 0.717) is 11.6 Å². The van der Waals surface area contributed by atoms with Crippen LogP contribution in [0.3, 0.4) is 0 Å². The molecule has 92 valence electrons. The molecule has 0 aliphatic heterocycles. The average Bonchev–Trinajstić information content (AvgIpc) is 3.10. The Morgan fingerprint density at radius 3 is 3.17 bits per heavy atom. The molecule has 0 saturated heterocycles. The summed E-state index contributed by atoms with van der Waals surface area (Å²) in [6.45, 7) is 2.08. The largest absolute Gasteiger partial charge is 0.332 e. The fraction of sp³-hybridized carbons (Fsp3) is 0.250. The van der Waals surface area contributed by atoms with E-state index in [1.807, 2.05) is 23.6 Å². The van der Waals surface area contributed by atoms with Crippen LogP contribution in [0.4, 0.5) is 0 Å². The molecule has 6 heteroatoms. The molecule has 0 fully saturated rings. The van der Waals surface area contributed by atoms with Crippen LogP contribution in [0.15, 0.2) is 28.1 Å². The highest BCUT2D eigenvalue weighted by atomic mass is 32.1. The van der Waals surface area contributed by atoms with E-state index in [9.17, 15) is 0 Å². The van der Waals surface area contributed by atoms with Crippen molar-refractivity contribution in [3.8, 4) is 22.2 Å².